The summed E-state index contributed by atoms with van der Waals surface area (Å²) in [6, 6.07) is 14.6. The monoisotopic (exact) mass is 314 g/mol. The second-order valence-electron chi connectivity index (χ2n) is 4.42. The van der Waals surface area contributed by atoms with Gasteiger partial charge in [0.05, 0.1) is 17.1 Å². The summed E-state index contributed by atoms with van der Waals surface area (Å²) < 4.78 is 5.06. The molecule has 3 N–H and O–H groups in total. The standard InChI is InChI=1S/C17H15ClN2O2/c18-15-9-4-10-16(19)14(15)8-5-11-20-17(21)22-12-13-6-2-1-3-7-13/h1-4,6-7,9-10H,11-12,19H2,(H,20,21). The van der Waals surface area contributed by atoms with Gasteiger partial charge in [-0.25, -0.2) is 4.79 Å². The Morgan fingerprint density at radius 2 is 1.95 bits per heavy atom. The maximum absolute atomic E-state index is 11.5. The highest BCUT2D eigenvalue weighted by Gasteiger charge is 2.01. The van der Waals surface area contributed by atoms with Gasteiger partial charge in [-0.15, -0.1) is 0 Å². The molecule has 0 atom stereocenters. The fourth-order valence-corrected chi connectivity index (χ4v) is 1.92. The minimum absolute atomic E-state index is 0.151. The quantitative estimate of drug-likeness (QED) is 0.675. The zero-order valence-corrected chi connectivity index (χ0v) is 12.6. The number of halogens is 1. The molecule has 0 heterocycles. The molecule has 22 heavy (non-hydrogen) atoms. The van der Waals surface area contributed by atoms with Crippen LogP contribution in [0.25, 0.3) is 0 Å². The lowest BCUT2D eigenvalue weighted by molar-refractivity contribution is 0.141. The molecule has 0 fully saturated rings. The van der Waals surface area contributed by atoms with Crippen LogP contribution in [0.5, 0.6) is 0 Å². The highest BCUT2D eigenvalue weighted by Crippen LogP contribution is 2.20. The lowest BCUT2D eigenvalue weighted by atomic mass is 10.2. The van der Waals surface area contributed by atoms with Crippen LogP contribution in [0.1, 0.15) is 11.1 Å². The lowest BCUT2D eigenvalue weighted by Crippen LogP contribution is -2.24. The normalized spacial score (nSPS) is 9.50. The molecule has 0 radical (unpaired) electrons. The van der Waals surface area contributed by atoms with E-state index < -0.39 is 6.09 Å². The number of amides is 1. The van der Waals surface area contributed by atoms with Gasteiger partial charge in [0.2, 0.25) is 0 Å². The molecule has 0 aliphatic rings. The Labute approximate surface area is 134 Å². The fraction of sp³-hybridized carbons (Fsp3) is 0.118. The molecule has 0 saturated heterocycles. The number of ether oxygens (including phenoxy) is 1. The van der Waals surface area contributed by atoms with Crippen molar-refractivity contribution in [2.75, 3.05) is 12.3 Å². The molecule has 0 saturated carbocycles. The SMILES string of the molecule is Nc1cccc(Cl)c1C#CCNC(=O)OCc1ccccc1. The van der Waals surface area contributed by atoms with E-state index in [2.05, 4.69) is 17.2 Å². The smallest absolute Gasteiger partial charge is 0.408 e. The summed E-state index contributed by atoms with van der Waals surface area (Å²) in [4.78, 5) is 11.5. The second-order valence-corrected chi connectivity index (χ2v) is 4.83. The summed E-state index contributed by atoms with van der Waals surface area (Å²) >= 11 is 5.99. The van der Waals surface area contributed by atoms with E-state index in [4.69, 9.17) is 22.1 Å². The van der Waals surface area contributed by atoms with Crippen molar-refractivity contribution in [2.45, 2.75) is 6.61 Å². The van der Waals surface area contributed by atoms with Crippen molar-refractivity contribution in [2.24, 2.45) is 0 Å². The average Bonchev–Trinajstić information content (AvgIpc) is 2.53. The zero-order valence-electron chi connectivity index (χ0n) is 11.8. The van der Waals surface area contributed by atoms with E-state index in [9.17, 15) is 4.79 Å². The Balaban J connectivity index is 1.79. The summed E-state index contributed by atoms with van der Waals surface area (Å²) in [6.45, 7) is 0.371. The first-order chi connectivity index (χ1) is 10.7. The summed E-state index contributed by atoms with van der Waals surface area (Å²) in [7, 11) is 0. The number of nitrogens with one attached hydrogen (secondary N) is 1. The van der Waals surface area contributed by atoms with Crippen molar-refractivity contribution >= 4 is 23.4 Å². The van der Waals surface area contributed by atoms with Crippen LogP contribution in [0.3, 0.4) is 0 Å². The number of rotatable bonds is 3. The molecule has 4 nitrogen and oxygen atoms in total. The molecule has 0 unspecified atom stereocenters. The first-order valence-corrected chi connectivity index (χ1v) is 7.02. The minimum Gasteiger partial charge on any atom is -0.445 e. The number of nitrogens with two attached hydrogens (primary N) is 1. The molecule has 0 aliphatic carbocycles. The van der Waals surface area contributed by atoms with Crippen molar-refractivity contribution in [3.05, 3.63) is 64.7 Å². The number of nitrogen functional groups attached to an aromatic ring is 1. The molecule has 0 aliphatic heterocycles. The number of alkyl carbamates (subject to hydrolysis) is 1. The Morgan fingerprint density at radius 1 is 1.18 bits per heavy atom. The largest absolute Gasteiger partial charge is 0.445 e. The predicted octanol–water partition coefficient (Wildman–Crippen LogP) is 3.20. The highest BCUT2D eigenvalue weighted by atomic mass is 35.5. The molecule has 0 bridgehead atoms. The second kappa shape index (κ2) is 7.96. The van der Waals surface area contributed by atoms with Gasteiger partial charge in [-0.3, -0.25) is 0 Å². The van der Waals surface area contributed by atoms with Crippen molar-refractivity contribution in [3.63, 3.8) is 0 Å². The molecule has 0 aromatic heterocycles. The van der Waals surface area contributed by atoms with Crippen molar-refractivity contribution in [1.82, 2.24) is 5.32 Å². The van der Waals surface area contributed by atoms with Gasteiger partial charge in [-0.05, 0) is 17.7 Å². The number of anilines is 1. The number of hydrogen-bond donors (Lipinski definition) is 2. The van der Waals surface area contributed by atoms with Gasteiger partial charge in [-0.2, -0.15) is 0 Å². The van der Waals surface area contributed by atoms with Crippen LogP contribution in [0, 0.1) is 11.8 Å². The van der Waals surface area contributed by atoms with Crippen molar-refractivity contribution in [1.29, 1.82) is 0 Å². The van der Waals surface area contributed by atoms with Gasteiger partial charge >= 0.3 is 6.09 Å². The van der Waals surface area contributed by atoms with E-state index in [0.717, 1.165) is 5.56 Å². The van der Waals surface area contributed by atoms with E-state index in [1.54, 1.807) is 18.2 Å². The summed E-state index contributed by atoms with van der Waals surface area (Å²) in [5.74, 6) is 5.62. The molecule has 0 spiro atoms. The van der Waals surface area contributed by atoms with Crippen LogP contribution in [-0.4, -0.2) is 12.6 Å². The number of carbonyl (C=O) groups excluding carboxylic acids is 1. The van der Waals surface area contributed by atoms with Gasteiger partial charge in [-0.1, -0.05) is 59.8 Å². The highest BCUT2D eigenvalue weighted by molar-refractivity contribution is 6.32. The van der Waals surface area contributed by atoms with Gasteiger partial charge in [0.15, 0.2) is 0 Å². The molecular formula is C17H15ClN2O2. The van der Waals surface area contributed by atoms with Gasteiger partial charge in [0, 0.05) is 5.69 Å². The lowest BCUT2D eigenvalue weighted by Gasteiger charge is -2.04. The Bertz CT molecular complexity index is 685. The Kier molecular flexibility index (Phi) is 5.70. The molecule has 112 valence electrons. The van der Waals surface area contributed by atoms with E-state index >= 15 is 0 Å². The van der Waals surface area contributed by atoms with Gasteiger partial charge in [0.25, 0.3) is 0 Å². The third-order valence-electron chi connectivity index (χ3n) is 2.79. The maximum Gasteiger partial charge on any atom is 0.408 e. The van der Waals surface area contributed by atoms with Gasteiger partial charge < -0.3 is 15.8 Å². The number of benzene rings is 2. The van der Waals surface area contributed by atoms with E-state index in [-0.39, 0.29) is 13.2 Å². The van der Waals surface area contributed by atoms with E-state index in [0.29, 0.717) is 16.3 Å². The van der Waals surface area contributed by atoms with Crippen LogP contribution in [0.15, 0.2) is 48.5 Å². The van der Waals surface area contributed by atoms with Crippen LogP contribution < -0.4 is 11.1 Å². The summed E-state index contributed by atoms with van der Waals surface area (Å²) in [6.07, 6.45) is -0.523. The third-order valence-corrected chi connectivity index (χ3v) is 3.11. The Hall–Kier alpha value is -2.64. The summed E-state index contributed by atoms with van der Waals surface area (Å²) in [5, 5.41) is 3.03. The van der Waals surface area contributed by atoms with Crippen molar-refractivity contribution < 1.29 is 9.53 Å². The molecule has 1 amide bonds. The predicted molar refractivity (Wildman–Crippen MR) is 87.4 cm³/mol. The average molecular weight is 315 g/mol. The zero-order chi connectivity index (χ0) is 15.8. The molecular weight excluding hydrogens is 300 g/mol. The van der Waals surface area contributed by atoms with Crippen LogP contribution in [-0.2, 0) is 11.3 Å². The van der Waals surface area contributed by atoms with Gasteiger partial charge in [0.1, 0.15) is 6.61 Å². The first-order valence-electron chi connectivity index (χ1n) is 6.64. The molecule has 2 aromatic rings. The number of hydrogen-bond acceptors (Lipinski definition) is 3. The first kappa shape index (κ1) is 15.7. The van der Waals surface area contributed by atoms with Crippen LogP contribution >= 0.6 is 11.6 Å². The van der Waals surface area contributed by atoms with Crippen LogP contribution in [0.2, 0.25) is 5.02 Å². The van der Waals surface area contributed by atoms with Crippen LogP contribution in [0.4, 0.5) is 10.5 Å². The molecule has 2 aromatic carbocycles. The minimum atomic E-state index is -0.523. The number of carbonyl (C=O) groups is 1. The maximum atomic E-state index is 11.5. The summed E-state index contributed by atoms with van der Waals surface area (Å²) in [5.41, 5.74) is 7.77. The third kappa shape index (κ3) is 4.72. The molecule has 2 rings (SSSR count). The molecule has 5 heteroatoms. The van der Waals surface area contributed by atoms with E-state index in [1.807, 2.05) is 30.3 Å². The van der Waals surface area contributed by atoms with E-state index in [1.165, 1.54) is 0 Å². The fourth-order valence-electron chi connectivity index (χ4n) is 1.70. The Morgan fingerprint density at radius 3 is 2.68 bits per heavy atom. The van der Waals surface area contributed by atoms with Crippen molar-refractivity contribution in [3.8, 4) is 11.8 Å². The topological polar surface area (TPSA) is 64.3 Å².